The van der Waals surface area contributed by atoms with Crippen molar-refractivity contribution >= 4 is 5.91 Å². The zero-order chi connectivity index (χ0) is 15.4. The van der Waals surface area contributed by atoms with Crippen LogP contribution in [0.15, 0.2) is 36.4 Å². The SMILES string of the molecule is COc1cccc(CC2(C(=O)NC3C=CCCC3)CNC2)c1. The van der Waals surface area contributed by atoms with Gasteiger partial charge in [-0.25, -0.2) is 0 Å². The highest BCUT2D eigenvalue weighted by Crippen LogP contribution is 2.30. The highest BCUT2D eigenvalue weighted by Gasteiger charge is 2.44. The van der Waals surface area contributed by atoms with Crippen LogP contribution in [0.25, 0.3) is 0 Å². The molecule has 2 aliphatic rings. The Morgan fingerprint density at radius 1 is 1.45 bits per heavy atom. The number of allylic oxidation sites excluding steroid dienone is 1. The van der Waals surface area contributed by atoms with E-state index < -0.39 is 0 Å². The number of hydrogen-bond acceptors (Lipinski definition) is 3. The third kappa shape index (κ3) is 3.17. The van der Waals surface area contributed by atoms with Crippen molar-refractivity contribution in [3.63, 3.8) is 0 Å². The molecule has 0 bridgehead atoms. The molecule has 1 aliphatic carbocycles. The molecule has 3 rings (SSSR count). The fourth-order valence-electron chi connectivity index (χ4n) is 3.22. The van der Waals surface area contributed by atoms with Crippen LogP contribution in [0.2, 0.25) is 0 Å². The van der Waals surface area contributed by atoms with Gasteiger partial charge < -0.3 is 15.4 Å². The molecule has 4 heteroatoms. The van der Waals surface area contributed by atoms with Crippen LogP contribution in [0, 0.1) is 5.41 Å². The Morgan fingerprint density at radius 3 is 2.95 bits per heavy atom. The molecule has 1 aromatic carbocycles. The minimum absolute atomic E-state index is 0.172. The first kappa shape index (κ1) is 15.1. The lowest BCUT2D eigenvalue weighted by atomic mass is 9.75. The fraction of sp³-hybridized carbons (Fsp3) is 0.500. The van der Waals surface area contributed by atoms with Gasteiger partial charge in [-0.3, -0.25) is 4.79 Å². The second-order valence-corrected chi connectivity index (χ2v) is 6.35. The maximum Gasteiger partial charge on any atom is 0.229 e. The van der Waals surface area contributed by atoms with Gasteiger partial charge >= 0.3 is 0 Å². The van der Waals surface area contributed by atoms with Crippen molar-refractivity contribution in [1.82, 2.24) is 10.6 Å². The monoisotopic (exact) mass is 300 g/mol. The molecule has 1 saturated heterocycles. The van der Waals surface area contributed by atoms with Crippen molar-refractivity contribution < 1.29 is 9.53 Å². The molecule has 1 aliphatic heterocycles. The standard InChI is InChI=1S/C18H24N2O2/c1-22-16-9-5-6-14(10-16)11-18(12-19-13-18)17(21)20-15-7-3-2-4-8-15/h3,5-7,9-10,15,19H,2,4,8,11-13H2,1H3,(H,20,21). The highest BCUT2D eigenvalue weighted by atomic mass is 16.5. The largest absolute Gasteiger partial charge is 0.497 e. The summed E-state index contributed by atoms with van der Waals surface area (Å²) in [4.78, 5) is 12.8. The van der Waals surface area contributed by atoms with E-state index >= 15 is 0 Å². The molecule has 0 saturated carbocycles. The normalized spacial score (nSPS) is 22.7. The van der Waals surface area contributed by atoms with E-state index in [9.17, 15) is 4.79 Å². The topological polar surface area (TPSA) is 50.4 Å². The molecule has 1 heterocycles. The van der Waals surface area contributed by atoms with E-state index in [1.54, 1.807) is 7.11 Å². The van der Waals surface area contributed by atoms with Crippen LogP contribution >= 0.6 is 0 Å². The molecule has 118 valence electrons. The van der Waals surface area contributed by atoms with E-state index in [0.717, 1.165) is 50.1 Å². The Kier molecular flexibility index (Phi) is 4.48. The van der Waals surface area contributed by atoms with E-state index in [1.165, 1.54) is 0 Å². The Morgan fingerprint density at radius 2 is 2.32 bits per heavy atom. The summed E-state index contributed by atoms with van der Waals surface area (Å²) in [6.45, 7) is 1.49. The highest BCUT2D eigenvalue weighted by molar-refractivity contribution is 5.85. The number of benzene rings is 1. The lowest BCUT2D eigenvalue weighted by Crippen LogP contribution is -2.63. The lowest BCUT2D eigenvalue weighted by Gasteiger charge is -2.42. The Labute approximate surface area is 131 Å². The number of carbonyl (C=O) groups excluding carboxylic acids is 1. The van der Waals surface area contributed by atoms with Crippen LogP contribution in [0.4, 0.5) is 0 Å². The van der Waals surface area contributed by atoms with Crippen LogP contribution in [0.3, 0.4) is 0 Å². The Hall–Kier alpha value is -1.81. The van der Waals surface area contributed by atoms with E-state index in [0.29, 0.717) is 0 Å². The quantitative estimate of drug-likeness (QED) is 0.818. The van der Waals surface area contributed by atoms with Gasteiger partial charge in [0, 0.05) is 19.1 Å². The molecule has 1 atom stereocenters. The van der Waals surface area contributed by atoms with Crippen LogP contribution in [0.5, 0.6) is 5.75 Å². The molecule has 0 radical (unpaired) electrons. The smallest absolute Gasteiger partial charge is 0.229 e. The molecule has 2 N–H and O–H groups in total. The number of methoxy groups -OCH3 is 1. The number of carbonyl (C=O) groups is 1. The zero-order valence-electron chi connectivity index (χ0n) is 13.1. The molecular weight excluding hydrogens is 276 g/mol. The van der Waals surface area contributed by atoms with E-state index in [4.69, 9.17) is 4.74 Å². The first-order valence-electron chi connectivity index (χ1n) is 8.03. The maximum atomic E-state index is 12.8. The van der Waals surface area contributed by atoms with Crippen molar-refractivity contribution in [2.75, 3.05) is 20.2 Å². The van der Waals surface area contributed by atoms with E-state index in [2.05, 4.69) is 28.9 Å². The first-order chi connectivity index (χ1) is 10.7. The third-order valence-corrected chi connectivity index (χ3v) is 4.66. The van der Waals surface area contributed by atoms with Crippen molar-refractivity contribution in [3.8, 4) is 5.75 Å². The molecule has 0 spiro atoms. The summed E-state index contributed by atoms with van der Waals surface area (Å²) in [6.07, 6.45) is 8.38. The van der Waals surface area contributed by atoms with Gasteiger partial charge in [-0.05, 0) is 43.4 Å². The molecule has 0 aromatic heterocycles. The number of nitrogens with one attached hydrogen (secondary N) is 2. The molecule has 4 nitrogen and oxygen atoms in total. The van der Waals surface area contributed by atoms with Gasteiger partial charge in [0.15, 0.2) is 0 Å². The Bertz CT molecular complexity index is 564. The summed E-state index contributed by atoms with van der Waals surface area (Å²) >= 11 is 0. The van der Waals surface area contributed by atoms with Gasteiger partial charge in [-0.1, -0.05) is 24.3 Å². The molecule has 22 heavy (non-hydrogen) atoms. The number of rotatable bonds is 5. The summed E-state index contributed by atoms with van der Waals surface area (Å²) in [6, 6.07) is 8.20. The average Bonchev–Trinajstić information content (AvgIpc) is 2.52. The van der Waals surface area contributed by atoms with E-state index in [1.807, 2.05) is 18.2 Å². The predicted octanol–water partition coefficient (Wildman–Crippen LogP) is 2.05. The third-order valence-electron chi connectivity index (χ3n) is 4.66. The molecule has 1 aromatic rings. The maximum absolute atomic E-state index is 12.8. The number of hydrogen-bond donors (Lipinski definition) is 2. The Balaban J connectivity index is 1.69. The van der Waals surface area contributed by atoms with Gasteiger partial charge in [0.1, 0.15) is 5.75 Å². The average molecular weight is 300 g/mol. The summed E-state index contributed by atoms with van der Waals surface area (Å²) in [5, 5.41) is 6.47. The summed E-state index contributed by atoms with van der Waals surface area (Å²) < 4.78 is 5.28. The van der Waals surface area contributed by atoms with Crippen LogP contribution in [-0.2, 0) is 11.2 Å². The minimum atomic E-state index is -0.322. The van der Waals surface area contributed by atoms with Crippen molar-refractivity contribution in [2.24, 2.45) is 5.41 Å². The van der Waals surface area contributed by atoms with Crippen molar-refractivity contribution in [1.29, 1.82) is 0 Å². The van der Waals surface area contributed by atoms with Crippen molar-refractivity contribution in [2.45, 2.75) is 31.7 Å². The van der Waals surface area contributed by atoms with Crippen LogP contribution < -0.4 is 15.4 Å². The molecule has 1 fully saturated rings. The fourth-order valence-corrected chi connectivity index (χ4v) is 3.22. The molecular formula is C18H24N2O2. The minimum Gasteiger partial charge on any atom is -0.497 e. The van der Waals surface area contributed by atoms with Crippen LogP contribution in [0.1, 0.15) is 24.8 Å². The van der Waals surface area contributed by atoms with E-state index in [-0.39, 0.29) is 17.4 Å². The molecule has 1 unspecified atom stereocenters. The van der Waals surface area contributed by atoms with Gasteiger partial charge in [-0.15, -0.1) is 0 Å². The first-order valence-corrected chi connectivity index (χ1v) is 8.03. The van der Waals surface area contributed by atoms with Gasteiger partial charge in [0.2, 0.25) is 5.91 Å². The van der Waals surface area contributed by atoms with Gasteiger partial charge in [0.25, 0.3) is 0 Å². The number of ether oxygens (including phenoxy) is 1. The summed E-state index contributed by atoms with van der Waals surface area (Å²) in [7, 11) is 1.67. The second kappa shape index (κ2) is 6.53. The van der Waals surface area contributed by atoms with Gasteiger partial charge in [-0.2, -0.15) is 0 Å². The summed E-state index contributed by atoms with van der Waals surface area (Å²) in [5.74, 6) is 1.01. The lowest BCUT2D eigenvalue weighted by molar-refractivity contribution is -0.134. The predicted molar refractivity (Wildman–Crippen MR) is 86.9 cm³/mol. The van der Waals surface area contributed by atoms with Gasteiger partial charge in [0.05, 0.1) is 12.5 Å². The molecule has 1 amide bonds. The second-order valence-electron chi connectivity index (χ2n) is 6.35. The number of amides is 1. The van der Waals surface area contributed by atoms with Crippen LogP contribution in [-0.4, -0.2) is 32.1 Å². The summed E-state index contributed by atoms with van der Waals surface area (Å²) in [5.41, 5.74) is 0.827. The van der Waals surface area contributed by atoms with Crippen molar-refractivity contribution in [3.05, 3.63) is 42.0 Å². The zero-order valence-corrected chi connectivity index (χ0v) is 13.1.